The summed E-state index contributed by atoms with van der Waals surface area (Å²) in [6, 6.07) is 3.68. The molecule has 1 aromatic rings. The SMILES string of the molecule is Nc1ccc(N2CCN(CCOCC(F)(F)F)CC2)nc1. The third-order valence-electron chi connectivity index (χ3n) is 3.28. The normalized spacial score (nSPS) is 17.2. The number of ether oxygens (including phenoxy) is 1. The minimum absolute atomic E-state index is 0.0969. The average Bonchev–Trinajstić information content (AvgIpc) is 2.44. The van der Waals surface area contributed by atoms with Gasteiger partial charge < -0.3 is 15.4 Å². The maximum absolute atomic E-state index is 11.9. The molecule has 0 radical (unpaired) electrons. The molecule has 1 fully saturated rings. The van der Waals surface area contributed by atoms with Gasteiger partial charge in [0.05, 0.1) is 18.5 Å². The van der Waals surface area contributed by atoms with Crippen molar-refractivity contribution in [2.45, 2.75) is 6.18 Å². The Morgan fingerprint density at radius 2 is 1.90 bits per heavy atom. The van der Waals surface area contributed by atoms with Crippen molar-refractivity contribution in [3.8, 4) is 0 Å². The van der Waals surface area contributed by atoms with E-state index in [-0.39, 0.29) is 6.61 Å². The molecule has 2 heterocycles. The molecular formula is C13H19F3N4O. The molecule has 2 N–H and O–H groups in total. The lowest BCUT2D eigenvalue weighted by Crippen LogP contribution is -2.47. The van der Waals surface area contributed by atoms with Gasteiger partial charge in [0.1, 0.15) is 12.4 Å². The van der Waals surface area contributed by atoms with Crippen LogP contribution >= 0.6 is 0 Å². The van der Waals surface area contributed by atoms with Crippen LogP contribution in [-0.4, -0.2) is 62.0 Å². The van der Waals surface area contributed by atoms with Crippen LogP contribution in [0.25, 0.3) is 0 Å². The molecule has 5 nitrogen and oxygen atoms in total. The molecule has 0 amide bonds. The van der Waals surface area contributed by atoms with Crippen LogP contribution in [0.4, 0.5) is 24.7 Å². The standard InChI is InChI=1S/C13H19F3N4O/c14-13(15,16)10-21-8-7-19-3-5-20(6-4-19)12-2-1-11(17)9-18-12/h1-2,9H,3-8,10,17H2. The van der Waals surface area contributed by atoms with E-state index in [4.69, 9.17) is 5.73 Å². The fraction of sp³-hybridized carbons (Fsp3) is 0.615. The second-order valence-corrected chi connectivity index (χ2v) is 4.95. The van der Waals surface area contributed by atoms with Crippen molar-refractivity contribution in [1.82, 2.24) is 9.88 Å². The number of pyridine rings is 1. The van der Waals surface area contributed by atoms with Gasteiger partial charge in [-0.05, 0) is 12.1 Å². The molecule has 1 saturated heterocycles. The van der Waals surface area contributed by atoms with Crippen LogP contribution in [0.1, 0.15) is 0 Å². The first-order valence-electron chi connectivity index (χ1n) is 6.77. The third-order valence-corrected chi connectivity index (χ3v) is 3.28. The summed E-state index contributed by atoms with van der Waals surface area (Å²) in [5.41, 5.74) is 6.22. The predicted molar refractivity (Wildman–Crippen MR) is 74.2 cm³/mol. The summed E-state index contributed by atoms with van der Waals surface area (Å²) < 4.78 is 40.4. The number of nitrogens with zero attached hydrogens (tertiary/aromatic N) is 3. The number of piperazine rings is 1. The van der Waals surface area contributed by atoms with E-state index in [9.17, 15) is 13.2 Å². The number of aromatic nitrogens is 1. The molecule has 1 aliphatic rings. The number of hydrogen-bond donors (Lipinski definition) is 1. The van der Waals surface area contributed by atoms with Crippen molar-refractivity contribution in [2.24, 2.45) is 0 Å². The van der Waals surface area contributed by atoms with Crippen molar-refractivity contribution in [3.05, 3.63) is 18.3 Å². The van der Waals surface area contributed by atoms with Gasteiger partial charge in [0, 0.05) is 32.7 Å². The summed E-state index contributed by atoms with van der Waals surface area (Å²) in [4.78, 5) is 8.48. The Labute approximate surface area is 121 Å². The van der Waals surface area contributed by atoms with E-state index in [1.807, 2.05) is 6.07 Å². The molecule has 0 aliphatic carbocycles. The van der Waals surface area contributed by atoms with Crippen molar-refractivity contribution in [3.63, 3.8) is 0 Å². The Balaban J connectivity index is 1.67. The summed E-state index contributed by atoms with van der Waals surface area (Å²) in [7, 11) is 0. The van der Waals surface area contributed by atoms with Gasteiger partial charge in [0.25, 0.3) is 0 Å². The zero-order chi connectivity index (χ0) is 15.3. The molecule has 118 valence electrons. The van der Waals surface area contributed by atoms with Crippen molar-refractivity contribution < 1.29 is 17.9 Å². The van der Waals surface area contributed by atoms with Crippen molar-refractivity contribution in [2.75, 3.05) is 56.6 Å². The Morgan fingerprint density at radius 3 is 2.48 bits per heavy atom. The second kappa shape index (κ2) is 6.95. The van der Waals surface area contributed by atoms with Crippen LogP contribution < -0.4 is 10.6 Å². The van der Waals surface area contributed by atoms with Gasteiger partial charge in [0.15, 0.2) is 0 Å². The van der Waals surface area contributed by atoms with Gasteiger partial charge in [-0.25, -0.2) is 4.98 Å². The van der Waals surface area contributed by atoms with Gasteiger partial charge in [-0.2, -0.15) is 13.2 Å². The first kappa shape index (κ1) is 15.8. The first-order valence-corrected chi connectivity index (χ1v) is 6.77. The van der Waals surface area contributed by atoms with E-state index in [1.165, 1.54) is 0 Å². The van der Waals surface area contributed by atoms with Crippen LogP contribution in [0, 0.1) is 0 Å². The van der Waals surface area contributed by atoms with Crippen LogP contribution in [0.3, 0.4) is 0 Å². The highest BCUT2D eigenvalue weighted by Crippen LogP contribution is 2.16. The molecule has 0 saturated carbocycles. The summed E-state index contributed by atoms with van der Waals surface area (Å²) >= 11 is 0. The highest BCUT2D eigenvalue weighted by atomic mass is 19.4. The van der Waals surface area contributed by atoms with Crippen molar-refractivity contribution in [1.29, 1.82) is 0 Å². The summed E-state index contributed by atoms with van der Waals surface area (Å²) in [6.07, 6.45) is -2.63. The molecule has 0 aromatic carbocycles. The molecule has 21 heavy (non-hydrogen) atoms. The average molecular weight is 304 g/mol. The maximum Gasteiger partial charge on any atom is 0.411 e. The highest BCUT2D eigenvalue weighted by molar-refractivity contribution is 5.46. The number of nitrogens with two attached hydrogens (primary N) is 1. The van der Waals surface area contributed by atoms with E-state index >= 15 is 0 Å². The molecular weight excluding hydrogens is 285 g/mol. The molecule has 1 aliphatic heterocycles. The van der Waals surface area contributed by atoms with E-state index in [0.29, 0.717) is 12.2 Å². The number of alkyl halides is 3. The van der Waals surface area contributed by atoms with Crippen LogP contribution in [0.2, 0.25) is 0 Å². The van der Waals surface area contributed by atoms with E-state index in [2.05, 4.69) is 19.5 Å². The van der Waals surface area contributed by atoms with Gasteiger partial charge in [-0.15, -0.1) is 0 Å². The third kappa shape index (κ3) is 5.39. The fourth-order valence-corrected chi connectivity index (χ4v) is 2.17. The molecule has 8 heteroatoms. The van der Waals surface area contributed by atoms with E-state index in [1.54, 1.807) is 12.3 Å². The number of anilines is 2. The van der Waals surface area contributed by atoms with Crippen LogP contribution in [0.5, 0.6) is 0 Å². The Hall–Kier alpha value is -1.54. The Morgan fingerprint density at radius 1 is 1.19 bits per heavy atom. The minimum Gasteiger partial charge on any atom is -0.397 e. The number of rotatable bonds is 5. The van der Waals surface area contributed by atoms with Gasteiger partial charge in [-0.3, -0.25) is 4.90 Å². The molecule has 0 bridgehead atoms. The quantitative estimate of drug-likeness (QED) is 0.833. The smallest absolute Gasteiger partial charge is 0.397 e. The summed E-state index contributed by atoms with van der Waals surface area (Å²) in [6.45, 7) is 2.57. The van der Waals surface area contributed by atoms with Crippen LogP contribution in [-0.2, 0) is 4.74 Å². The van der Waals surface area contributed by atoms with Gasteiger partial charge >= 0.3 is 6.18 Å². The zero-order valence-corrected chi connectivity index (χ0v) is 11.6. The number of hydrogen-bond acceptors (Lipinski definition) is 5. The van der Waals surface area contributed by atoms with E-state index in [0.717, 1.165) is 32.0 Å². The highest BCUT2D eigenvalue weighted by Gasteiger charge is 2.27. The molecule has 0 atom stereocenters. The number of halogens is 3. The Bertz CT molecular complexity index is 430. The molecule has 0 spiro atoms. The van der Waals surface area contributed by atoms with Crippen LogP contribution in [0.15, 0.2) is 18.3 Å². The monoisotopic (exact) mass is 304 g/mol. The second-order valence-electron chi connectivity index (χ2n) is 4.95. The van der Waals surface area contributed by atoms with Gasteiger partial charge in [-0.1, -0.05) is 0 Å². The minimum atomic E-state index is -4.25. The molecule has 2 rings (SSSR count). The fourth-order valence-electron chi connectivity index (χ4n) is 2.17. The van der Waals surface area contributed by atoms with E-state index < -0.39 is 12.8 Å². The summed E-state index contributed by atoms with van der Waals surface area (Å²) in [5, 5.41) is 0. The summed E-state index contributed by atoms with van der Waals surface area (Å²) in [5.74, 6) is 0.872. The topological polar surface area (TPSA) is 54.6 Å². The van der Waals surface area contributed by atoms with Crippen molar-refractivity contribution >= 4 is 11.5 Å². The zero-order valence-electron chi connectivity index (χ0n) is 11.6. The lowest BCUT2D eigenvalue weighted by molar-refractivity contribution is -0.174. The largest absolute Gasteiger partial charge is 0.411 e. The number of nitrogen functional groups attached to an aromatic ring is 1. The lowest BCUT2D eigenvalue weighted by atomic mass is 10.3. The van der Waals surface area contributed by atoms with Gasteiger partial charge in [0.2, 0.25) is 0 Å². The Kier molecular flexibility index (Phi) is 5.24. The predicted octanol–water partition coefficient (Wildman–Crippen LogP) is 1.36. The first-order chi connectivity index (χ1) is 9.94. The molecule has 1 aromatic heterocycles. The maximum atomic E-state index is 11.9. The lowest BCUT2D eigenvalue weighted by Gasteiger charge is -2.35. The molecule has 0 unspecified atom stereocenters.